The number of nitrogens with one attached hydrogen (secondary N) is 1. The molecule has 9 heteroatoms. The number of hydrogen-bond acceptors (Lipinski definition) is 7. The minimum absolute atomic E-state index is 0.176. The third-order valence-corrected chi connectivity index (χ3v) is 5.81. The van der Waals surface area contributed by atoms with Crippen molar-refractivity contribution >= 4 is 11.7 Å². The largest absolute Gasteiger partial charge is 0.378 e. The lowest BCUT2D eigenvalue weighted by atomic mass is 10.1. The molecule has 1 amide bonds. The molecule has 5 rings (SSSR count). The number of ether oxygens (including phenoxy) is 1. The van der Waals surface area contributed by atoms with Crippen molar-refractivity contribution < 1.29 is 9.53 Å². The zero-order chi connectivity index (χ0) is 21.9. The molecular formula is C23H27N7O2. The first-order chi connectivity index (χ1) is 15.7. The van der Waals surface area contributed by atoms with Crippen LogP contribution in [0.1, 0.15) is 40.5 Å². The Morgan fingerprint density at radius 3 is 2.66 bits per heavy atom. The van der Waals surface area contributed by atoms with Gasteiger partial charge in [0.1, 0.15) is 23.2 Å². The van der Waals surface area contributed by atoms with Crippen molar-refractivity contribution in [2.24, 2.45) is 5.92 Å². The zero-order valence-corrected chi connectivity index (χ0v) is 18.2. The van der Waals surface area contributed by atoms with Gasteiger partial charge in [0, 0.05) is 32.1 Å². The molecule has 3 aromatic rings. The first-order valence-electron chi connectivity index (χ1n) is 11.1. The van der Waals surface area contributed by atoms with Gasteiger partial charge in [-0.05, 0) is 31.2 Å². The number of nitrogens with zero attached hydrogens (tertiary/aromatic N) is 6. The first-order valence-corrected chi connectivity index (χ1v) is 11.1. The standard InChI is InChI=1S/C23H27N7O2/c1-16-27-28-21(13-17-5-3-2-4-6-17)30(16)23-25-19(22(31)24-15-18-7-8-18)14-20(26-23)29-9-11-32-12-10-29/h2-6,14,18H,7-13,15H2,1H3,(H,24,31). The van der Waals surface area contributed by atoms with E-state index in [1.165, 1.54) is 12.8 Å². The Kier molecular flexibility index (Phi) is 5.81. The van der Waals surface area contributed by atoms with E-state index < -0.39 is 0 Å². The monoisotopic (exact) mass is 433 g/mol. The van der Waals surface area contributed by atoms with Gasteiger partial charge in [0.15, 0.2) is 0 Å². The van der Waals surface area contributed by atoms with Gasteiger partial charge in [-0.2, -0.15) is 4.98 Å². The first kappa shape index (κ1) is 20.6. The van der Waals surface area contributed by atoms with Gasteiger partial charge in [-0.25, -0.2) is 9.55 Å². The number of anilines is 1. The lowest BCUT2D eigenvalue weighted by Crippen LogP contribution is -2.37. The number of amides is 1. The van der Waals surface area contributed by atoms with Gasteiger partial charge in [0.05, 0.1) is 13.2 Å². The van der Waals surface area contributed by atoms with E-state index in [1.807, 2.05) is 29.7 Å². The fourth-order valence-electron chi connectivity index (χ4n) is 3.80. The third kappa shape index (κ3) is 4.62. The normalized spacial score (nSPS) is 16.2. The number of aromatic nitrogens is 5. The highest BCUT2D eigenvalue weighted by atomic mass is 16.5. The quantitative estimate of drug-likeness (QED) is 0.608. The fourth-order valence-corrected chi connectivity index (χ4v) is 3.80. The van der Waals surface area contributed by atoms with Crippen LogP contribution in [-0.2, 0) is 11.2 Å². The second-order valence-electron chi connectivity index (χ2n) is 8.33. The molecule has 32 heavy (non-hydrogen) atoms. The highest BCUT2D eigenvalue weighted by Crippen LogP contribution is 2.27. The topological polar surface area (TPSA) is 98.1 Å². The molecule has 2 aromatic heterocycles. The molecule has 0 atom stereocenters. The van der Waals surface area contributed by atoms with Crippen molar-refractivity contribution in [2.45, 2.75) is 26.2 Å². The van der Waals surface area contributed by atoms with Crippen molar-refractivity contribution in [3.8, 4) is 5.95 Å². The highest BCUT2D eigenvalue weighted by Gasteiger charge is 2.24. The molecule has 0 spiro atoms. The summed E-state index contributed by atoms with van der Waals surface area (Å²) in [6, 6.07) is 11.9. The summed E-state index contributed by atoms with van der Waals surface area (Å²) >= 11 is 0. The summed E-state index contributed by atoms with van der Waals surface area (Å²) < 4.78 is 7.33. The number of carbonyl (C=O) groups excluding carboxylic acids is 1. The molecular weight excluding hydrogens is 406 g/mol. The van der Waals surface area contributed by atoms with Gasteiger partial charge < -0.3 is 15.0 Å². The molecule has 1 N–H and O–H groups in total. The molecule has 3 heterocycles. The SMILES string of the molecule is Cc1nnc(Cc2ccccc2)n1-c1nc(C(=O)NCC2CC2)cc(N2CCOCC2)n1. The number of carbonyl (C=O) groups is 1. The minimum atomic E-state index is -0.176. The van der Waals surface area contributed by atoms with Crippen molar-refractivity contribution in [1.82, 2.24) is 30.0 Å². The molecule has 9 nitrogen and oxygen atoms in total. The van der Waals surface area contributed by atoms with E-state index in [0.717, 1.165) is 24.5 Å². The molecule has 166 valence electrons. The summed E-state index contributed by atoms with van der Waals surface area (Å²) in [5.41, 5.74) is 1.48. The molecule has 2 aliphatic rings. The lowest BCUT2D eigenvalue weighted by molar-refractivity contribution is 0.0946. The molecule has 1 aliphatic heterocycles. The Hall–Kier alpha value is -3.33. The van der Waals surface area contributed by atoms with Crippen LogP contribution in [-0.4, -0.2) is 63.5 Å². The molecule has 0 bridgehead atoms. The Morgan fingerprint density at radius 1 is 1.12 bits per heavy atom. The molecule has 1 saturated carbocycles. The number of hydrogen-bond donors (Lipinski definition) is 1. The fraction of sp³-hybridized carbons (Fsp3) is 0.435. The average Bonchev–Trinajstić information content (AvgIpc) is 3.60. The van der Waals surface area contributed by atoms with E-state index in [1.54, 1.807) is 6.07 Å². The Labute approximate surface area is 186 Å². The number of rotatable bonds is 7. The number of aryl methyl sites for hydroxylation is 1. The van der Waals surface area contributed by atoms with E-state index in [9.17, 15) is 4.79 Å². The van der Waals surface area contributed by atoms with E-state index in [2.05, 4.69) is 37.5 Å². The van der Waals surface area contributed by atoms with Crippen LogP contribution in [0.15, 0.2) is 36.4 Å². The van der Waals surface area contributed by atoms with Gasteiger partial charge in [-0.3, -0.25) is 4.79 Å². The smallest absolute Gasteiger partial charge is 0.270 e. The molecule has 1 saturated heterocycles. The summed E-state index contributed by atoms with van der Waals surface area (Å²) in [6.45, 7) is 5.27. The predicted octanol–water partition coefficient (Wildman–Crippen LogP) is 1.93. The van der Waals surface area contributed by atoms with Gasteiger partial charge in [-0.15, -0.1) is 10.2 Å². The second kappa shape index (κ2) is 9.04. The molecule has 2 fully saturated rings. The molecule has 1 aromatic carbocycles. The van der Waals surface area contributed by atoms with Crippen molar-refractivity contribution in [3.63, 3.8) is 0 Å². The summed E-state index contributed by atoms with van der Waals surface area (Å²) in [7, 11) is 0. The van der Waals surface area contributed by atoms with E-state index in [0.29, 0.717) is 55.4 Å². The van der Waals surface area contributed by atoms with Crippen LogP contribution in [0.4, 0.5) is 5.82 Å². The van der Waals surface area contributed by atoms with Crippen LogP contribution in [0.2, 0.25) is 0 Å². The van der Waals surface area contributed by atoms with Gasteiger partial charge in [0.25, 0.3) is 5.91 Å². The maximum Gasteiger partial charge on any atom is 0.270 e. The van der Waals surface area contributed by atoms with Gasteiger partial charge in [-0.1, -0.05) is 30.3 Å². The average molecular weight is 434 g/mol. The maximum atomic E-state index is 12.9. The molecule has 0 radical (unpaired) electrons. The van der Waals surface area contributed by atoms with Crippen LogP contribution in [0.3, 0.4) is 0 Å². The summed E-state index contributed by atoms with van der Waals surface area (Å²) in [6.07, 6.45) is 2.95. The Bertz CT molecular complexity index is 1090. The van der Waals surface area contributed by atoms with E-state index in [4.69, 9.17) is 9.72 Å². The van der Waals surface area contributed by atoms with E-state index in [-0.39, 0.29) is 5.91 Å². The van der Waals surface area contributed by atoms with E-state index >= 15 is 0 Å². The van der Waals surface area contributed by atoms with Crippen LogP contribution >= 0.6 is 0 Å². The van der Waals surface area contributed by atoms with Crippen LogP contribution in [0.5, 0.6) is 0 Å². The number of morpholine rings is 1. The van der Waals surface area contributed by atoms with Gasteiger partial charge in [0.2, 0.25) is 5.95 Å². The Balaban J connectivity index is 1.51. The predicted molar refractivity (Wildman–Crippen MR) is 119 cm³/mol. The summed E-state index contributed by atoms with van der Waals surface area (Å²) in [5, 5.41) is 11.7. The Morgan fingerprint density at radius 2 is 1.91 bits per heavy atom. The third-order valence-electron chi connectivity index (χ3n) is 5.81. The van der Waals surface area contributed by atoms with Crippen molar-refractivity contribution in [3.05, 3.63) is 59.3 Å². The summed E-state index contributed by atoms with van der Waals surface area (Å²) in [5.74, 6) is 2.96. The van der Waals surface area contributed by atoms with Crippen molar-refractivity contribution in [2.75, 3.05) is 37.7 Å². The highest BCUT2D eigenvalue weighted by molar-refractivity contribution is 5.93. The van der Waals surface area contributed by atoms with Crippen LogP contribution in [0.25, 0.3) is 5.95 Å². The maximum absolute atomic E-state index is 12.9. The van der Waals surface area contributed by atoms with Crippen LogP contribution in [0, 0.1) is 12.8 Å². The minimum Gasteiger partial charge on any atom is -0.378 e. The second-order valence-corrected chi connectivity index (χ2v) is 8.33. The summed E-state index contributed by atoms with van der Waals surface area (Å²) in [4.78, 5) is 24.5. The van der Waals surface area contributed by atoms with Gasteiger partial charge >= 0.3 is 0 Å². The molecule has 0 unspecified atom stereocenters. The zero-order valence-electron chi connectivity index (χ0n) is 18.2. The van der Waals surface area contributed by atoms with Crippen LogP contribution < -0.4 is 10.2 Å². The number of benzene rings is 1. The van der Waals surface area contributed by atoms with Crippen molar-refractivity contribution in [1.29, 1.82) is 0 Å². The lowest BCUT2D eigenvalue weighted by Gasteiger charge is -2.28. The molecule has 1 aliphatic carbocycles.